The fourth-order valence-electron chi connectivity index (χ4n) is 1.52. The van der Waals surface area contributed by atoms with Gasteiger partial charge in [-0.15, -0.1) is 0 Å². The van der Waals surface area contributed by atoms with Gasteiger partial charge in [0.1, 0.15) is 0 Å². The van der Waals surface area contributed by atoms with Gasteiger partial charge in [0, 0.05) is 5.56 Å². The van der Waals surface area contributed by atoms with E-state index < -0.39 is 0 Å². The molecule has 1 aliphatic heterocycles. The van der Waals surface area contributed by atoms with Crippen LogP contribution in [0.4, 0.5) is 0 Å². The normalized spacial score (nSPS) is 20.1. The summed E-state index contributed by atoms with van der Waals surface area (Å²) in [6.45, 7) is 1.89. The highest BCUT2D eigenvalue weighted by molar-refractivity contribution is 5.87. The Labute approximate surface area is 82.3 Å². The number of rotatable bonds is 1. The smallest absolute Gasteiger partial charge is 0.264 e. The Hall–Kier alpha value is -1.77. The topological polar surface area (TPSA) is 38.3 Å². The van der Waals surface area contributed by atoms with E-state index in [1.165, 1.54) is 0 Å². The van der Waals surface area contributed by atoms with Crippen LogP contribution in [0.25, 0.3) is 0 Å². The number of para-hydroxylation sites is 1. The summed E-state index contributed by atoms with van der Waals surface area (Å²) in [5.74, 6) is 0.363. The predicted molar refractivity (Wildman–Crippen MR) is 52.8 cm³/mol. The quantitative estimate of drug-likeness (QED) is 0.684. The van der Waals surface area contributed by atoms with E-state index in [0.717, 1.165) is 11.3 Å². The number of amides is 1. The van der Waals surface area contributed by atoms with Crippen molar-refractivity contribution in [3.63, 3.8) is 0 Å². The predicted octanol–water partition coefficient (Wildman–Crippen LogP) is 1.77. The molecule has 0 radical (unpaired) electrons. The van der Waals surface area contributed by atoms with E-state index in [0.29, 0.717) is 0 Å². The van der Waals surface area contributed by atoms with Crippen LogP contribution in [-0.4, -0.2) is 5.91 Å². The summed E-state index contributed by atoms with van der Waals surface area (Å²) in [7, 11) is 0. The van der Waals surface area contributed by atoms with Gasteiger partial charge in [0.25, 0.3) is 5.91 Å². The van der Waals surface area contributed by atoms with Crippen molar-refractivity contribution in [2.75, 3.05) is 0 Å². The second-order valence-corrected chi connectivity index (χ2v) is 3.11. The third kappa shape index (κ3) is 1.37. The van der Waals surface area contributed by atoms with Crippen LogP contribution in [0.15, 0.2) is 36.4 Å². The van der Waals surface area contributed by atoms with Crippen molar-refractivity contribution in [1.82, 2.24) is 5.48 Å². The largest absolute Gasteiger partial charge is 0.379 e. The number of hydroxylamine groups is 1. The molecule has 2 rings (SSSR count). The first kappa shape index (κ1) is 8.81. The number of carbonyl (C=O) groups excluding carboxylic acids is 1. The third-order valence-corrected chi connectivity index (χ3v) is 2.18. The van der Waals surface area contributed by atoms with E-state index in [4.69, 9.17) is 4.84 Å². The molecule has 0 saturated carbocycles. The van der Waals surface area contributed by atoms with Gasteiger partial charge in [-0.3, -0.25) is 4.79 Å². The highest BCUT2D eigenvalue weighted by atomic mass is 16.7. The Morgan fingerprint density at radius 1 is 1.43 bits per heavy atom. The molecule has 0 saturated heterocycles. The molecule has 0 aromatic heterocycles. The number of fused-ring (bicyclic) bond motifs is 1. The molecule has 0 fully saturated rings. The molecule has 14 heavy (non-hydrogen) atoms. The van der Waals surface area contributed by atoms with Gasteiger partial charge in [-0.2, -0.15) is 5.48 Å². The maximum atomic E-state index is 11.5. The van der Waals surface area contributed by atoms with E-state index in [-0.39, 0.29) is 11.8 Å². The van der Waals surface area contributed by atoms with Crippen LogP contribution in [-0.2, 0) is 4.79 Å². The van der Waals surface area contributed by atoms with E-state index in [1.807, 2.05) is 43.3 Å². The van der Waals surface area contributed by atoms with Crippen molar-refractivity contribution >= 4 is 5.91 Å². The van der Waals surface area contributed by atoms with Crippen LogP contribution >= 0.6 is 0 Å². The lowest BCUT2D eigenvalue weighted by molar-refractivity contribution is -0.129. The minimum atomic E-state index is -0.232. The van der Waals surface area contributed by atoms with Gasteiger partial charge >= 0.3 is 0 Å². The summed E-state index contributed by atoms with van der Waals surface area (Å²) in [4.78, 5) is 16.5. The molecule has 1 atom stereocenters. The Kier molecular flexibility index (Phi) is 2.23. The standard InChI is InChI=1S/C11H11NO2/c1-2-5-9-8-6-3-4-7-10(8)14-12-11(9)13/h2-7,9H,1H3,(H,12,13). The molecule has 1 aliphatic rings. The van der Waals surface area contributed by atoms with Crippen molar-refractivity contribution in [3.8, 4) is 5.75 Å². The van der Waals surface area contributed by atoms with Crippen molar-refractivity contribution in [2.24, 2.45) is 0 Å². The highest BCUT2D eigenvalue weighted by Crippen LogP contribution is 2.30. The lowest BCUT2D eigenvalue weighted by atomic mass is 9.96. The average Bonchev–Trinajstić information content (AvgIpc) is 2.23. The number of hydrogen-bond acceptors (Lipinski definition) is 2. The second-order valence-electron chi connectivity index (χ2n) is 3.11. The molecule has 72 valence electrons. The molecule has 1 aromatic rings. The maximum Gasteiger partial charge on any atom is 0.264 e. The van der Waals surface area contributed by atoms with Gasteiger partial charge < -0.3 is 4.84 Å². The Balaban J connectivity index is 2.46. The zero-order valence-corrected chi connectivity index (χ0v) is 7.86. The number of carbonyl (C=O) groups is 1. The van der Waals surface area contributed by atoms with Gasteiger partial charge in [-0.05, 0) is 13.0 Å². The van der Waals surface area contributed by atoms with Crippen LogP contribution in [0.3, 0.4) is 0 Å². The van der Waals surface area contributed by atoms with Crippen LogP contribution in [0.5, 0.6) is 5.75 Å². The van der Waals surface area contributed by atoms with Crippen LogP contribution in [0.1, 0.15) is 18.4 Å². The number of nitrogens with one attached hydrogen (secondary N) is 1. The molecule has 1 amide bonds. The summed E-state index contributed by atoms with van der Waals surface area (Å²) >= 11 is 0. The summed E-state index contributed by atoms with van der Waals surface area (Å²) in [6, 6.07) is 7.52. The van der Waals surface area contributed by atoms with Crippen LogP contribution in [0, 0.1) is 0 Å². The fourth-order valence-corrected chi connectivity index (χ4v) is 1.52. The SMILES string of the molecule is CC=CC1C(=O)NOc2ccccc21. The van der Waals surface area contributed by atoms with Gasteiger partial charge in [0.05, 0.1) is 5.92 Å². The summed E-state index contributed by atoms with van der Waals surface area (Å²) in [5, 5.41) is 0. The van der Waals surface area contributed by atoms with Gasteiger partial charge in [0.2, 0.25) is 0 Å². The number of allylic oxidation sites excluding steroid dienone is 1. The fraction of sp³-hybridized carbons (Fsp3) is 0.182. The number of hydrogen-bond donors (Lipinski definition) is 1. The van der Waals surface area contributed by atoms with E-state index >= 15 is 0 Å². The summed E-state index contributed by atoms with van der Waals surface area (Å²) in [5.41, 5.74) is 3.29. The van der Waals surface area contributed by atoms with Crippen molar-refractivity contribution < 1.29 is 9.63 Å². The van der Waals surface area contributed by atoms with Crippen LogP contribution < -0.4 is 10.3 Å². The van der Waals surface area contributed by atoms with Crippen molar-refractivity contribution in [2.45, 2.75) is 12.8 Å². The Bertz CT molecular complexity index is 385. The minimum Gasteiger partial charge on any atom is -0.379 e. The highest BCUT2D eigenvalue weighted by Gasteiger charge is 2.26. The first-order chi connectivity index (χ1) is 6.83. The van der Waals surface area contributed by atoms with Gasteiger partial charge in [-0.1, -0.05) is 30.4 Å². The molecule has 0 aliphatic carbocycles. The molecule has 1 heterocycles. The molecule has 0 bridgehead atoms. The Morgan fingerprint density at radius 3 is 3.00 bits per heavy atom. The van der Waals surface area contributed by atoms with Crippen molar-refractivity contribution in [1.29, 1.82) is 0 Å². The van der Waals surface area contributed by atoms with Crippen LogP contribution in [0.2, 0.25) is 0 Å². The van der Waals surface area contributed by atoms with E-state index in [9.17, 15) is 4.79 Å². The molecular formula is C11H11NO2. The maximum absolute atomic E-state index is 11.5. The van der Waals surface area contributed by atoms with Gasteiger partial charge in [0.15, 0.2) is 5.75 Å². The number of benzene rings is 1. The van der Waals surface area contributed by atoms with E-state index in [2.05, 4.69) is 5.48 Å². The van der Waals surface area contributed by atoms with Gasteiger partial charge in [-0.25, -0.2) is 0 Å². The summed E-state index contributed by atoms with van der Waals surface area (Å²) < 4.78 is 0. The zero-order chi connectivity index (χ0) is 9.97. The lowest BCUT2D eigenvalue weighted by Gasteiger charge is -2.22. The van der Waals surface area contributed by atoms with E-state index in [1.54, 1.807) is 0 Å². The molecule has 3 nitrogen and oxygen atoms in total. The summed E-state index contributed by atoms with van der Waals surface area (Å²) in [6.07, 6.45) is 3.73. The molecule has 1 N–H and O–H groups in total. The molecule has 1 aromatic carbocycles. The first-order valence-corrected chi connectivity index (χ1v) is 4.51. The lowest BCUT2D eigenvalue weighted by Crippen LogP contribution is -2.36. The second kappa shape index (κ2) is 3.54. The first-order valence-electron chi connectivity index (χ1n) is 4.51. The molecule has 0 spiro atoms. The minimum absolute atomic E-state index is 0.123. The molecular weight excluding hydrogens is 178 g/mol. The zero-order valence-electron chi connectivity index (χ0n) is 7.86. The van der Waals surface area contributed by atoms with Crippen molar-refractivity contribution in [3.05, 3.63) is 42.0 Å². The molecule has 3 heteroatoms. The monoisotopic (exact) mass is 189 g/mol. The Morgan fingerprint density at radius 2 is 2.21 bits per heavy atom. The third-order valence-electron chi connectivity index (χ3n) is 2.18. The molecule has 1 unspecified atom stereocenters. The average molecular weight is 189 g/mol.